The summed E-state index contributed by atoms with van der Waals surface area (Å²) in [5.74, 6) is 1.28. The first-order chi connectivity index (χ1) is 12.2. The monoisotopic (exact) mass is 376 g/mol. The standard InChI is InChI=1S/C18H14Cl2N2O3/c1-23-15-5-3-13(4-6-15)18-22-14(10-24-18)11-25-21-9-12-2-7-16(19)17(20)8-12/h2-10H,11H2,1H3/b21-9+. The van der Waals surface area contributed by atoms with Gasteiger partial charge in [-0.15, -0.1) is 0 Å². The zero-order valence-corrected chi connectivity index (χ0v) is 14.8. The van der Waals surface area contributed by atoms with Gasteiger partial charge in [0.2, 0.25) is 5.89 Å². The molecule has 25 heavy (non-hydrogen) atoms. The van der Waals surface area contributed by atoms with Crippen molar-refractivity contribution in [2.75, 3.05) is 7.11 Å². The molecule has 0 saturated heterocycles. The second-order valence-electron chi connectivity index (χ2n) is 5.05. The lowest BCUT2D eigenvalue weighted by Crippen LogP contribution is -1.89. The van der Waals surface area contributed by atoms with Crippen molar-refractivity contribution in [2.24, 2.45) is 5.16 Å². The van der Waals surface area contributed by atoms with E-state index in [4.69, 9.17) is 37.2 Å². The van der Waals surface area contributed by atoms with Crippen molar-refractivity contribution in [1.82, 2.24) is 4.98 Å². The second-order valence-corrected chi connectivity index (χ2v) is 5.87. The van der Waals surface area contributed by atoms with Crippen LogP contribution in [0.4, 0.5) is 0 Å². The van der Waals surface area contributed by atoms with Crippen molar-refractivity contribution in [3.8, 4) is 17.2 Å². The van der Waals surface area contributed by atoms with E-state index in [1.165, 1.54) is 6.26 Å². The van der Waals surface area contributed by atoms with Gasteiger partial charge in [-0.3, -0.25) is 0 Å². The minimum absolute atomic E-state index is 0.192. The molecule has 0 saturated carbocycles. The molecule has 1 aromatic heterocycles. The van der Waals surface area contributed by atoms with E-state index in [1.807, 2.05) is 24.3 Å². The van der Waals surface area contributed by atoms with Crippen LogP contribution in [0.2, 0.25) is 10.0 Å². The zero-order valence-electron chi connectivity index (χ0n) is 13.3. The SMILES string of the molecule is COc1ccc(-c2nc(CO/N=C/c3ccc(Cl)c(Cl)c3)co2)cc1. The van der Waals surface area contributed by atoms with Gasteiger partial charge < -0.3 is 14.0 Å². The Labute approximate surface area is 154 Å². The number of rotatable bonds is 6. The van der Waals surface area contributed by atoms with E-state index in [9.17, 15) is 0 Å². The van der Waals surface area contributed by atoms with Crippen LogP contribution in [0.1, 0.15) is 11.3 Å². The number of oxime groups is 1. The quantitative estimate of drug-likeness (QED) is 0.437. The van der Waals surface area contributed by atoms with E-state index >= 15 is 0 Å². The van der Waals surface area contributed by atoms with E-state index in [1.54, 1.807) is 31.5 Å². The summed E-state index contributed by atoms with van der Waals surface area (Å²) in [4.78, 5) is 9.59. The minimum Gasteiger partial charge on any atom is -0.497 e. The number of ether oxygens (including phenoxy) is 1. The number of aromatic nitrogens is 1. The van der Waals surface area contributed by atoms with E-state index in [0.29, 0.717) is 21.6 Å². The Morgan fingerprint density at radius 3 is 2.64 bits per heavy atom. The zero-order chi connectivity index (χ0) is 17.6. The highest BCUT2D eigenvalue weighted by atomic mass is 35.5. The molecule has 7 heteroatoms. The Balaban J connectivity index is 1.57. The highest BCUT2D eigenvalue weighted by Gasteiger charge is 2.07. The van der Waals surface area contributed by atoms with E-state index in [0.717, 1.165) is 16.9 Å². The summed E-state index contributed by atoms with van der Waals surface area (Å²) in [6.45, 7) is 0.192. The van der Waals surface area contributed by atoms with Crippen LogP contribution in [0, 0.1) is 0 Å². The third-order valence-electron chi connectivity index (χ3n) is 3.32. The van der Waals surface area contributed by atoms with Crippen molar-refractivity contribution >= 4 is 29.4 Å². The molecule has 0 aliphatic carbocycles. The third-order valence-corrected chi connectivity index (χ3v) is 4.06. The van der Waals surface area contributed by atoms with Gasteiger partial charge in [0.1, 0.15) is 17.7 Å². The summed E-state index contributed by atoms with van der Waals surface area (Å²) in [6, 6.07) is 12.6. The Morgan fingerprint density at radius 2 is 1.92 bits per heavy atom. The van der Waals surface area contributed by atoms with Crippen molar-refractivity contribution in [3.05, 3.63) is 70.0 Å². The lowest BCUT2D eigenvalue weighted by atomic mass is 10.2. The molecular formula is C18H14Cl2N2O3. The molecule has 3 aromatic rings. The predicted octanol–water partition coefficient (Wildman–Crippen LogP) is 5.21. The predicted molar refractivity (Wildman–Crippen MR) is 97.3 cm³/mol. The normalized spacial score (nSPS) is 11.0. The van der Waals surface area contributed by atoms with Crippen LogP contribution in [-0.4, -0.2) is 18.3 Å². The smallest absolute Gasteiger partial charge is 0.226 e. The molecule has 1 heterocycles. The molecule has 0 amide bonds. The first-order valence-corrected chi connectivity index (χ1v) is 8.10. The summed E-state index contributed by atoms with van der Waals surface area (Å²) in [7, 11) is 1.62. The molecule has 0 fully saturated rings. The molecular weight excluding hydrogens is 363 g/mol. The maximum absolute atomic E-state index is 5.94. The molecule has 128 valence electrons. The largest absolute Gasteiger partial charge is 0.497 e. The maximum atomic E-state index is 5.94. The minimum atomic E-state index is 0.192. The van der Waals surface area contributed by atoms with Crippen LogP contribution in [0.15, 0.2) is 58.3 Å². The van der Waals surface area contributed by atoms with Gasteiger partial charge in [-0.25, -0.2) is 4.98 Å². The van der Waals surface area contributed by atoms with Gasteiger partial charge in [-0.2, -0.15) is 0 Å². The number of halogens is 2. The molecule has 0 spiro atoms. The van der Waals surface area contributed by atoms with E-state index < -0.39 is 0 Å². The number of hydrogen-bond acceptors (Lipinski definition) is 5. The van der Waals surface area contributed by atoms with Gasteiger partial charge in [-0.1, -0.05) is 34.4 Å². The van der Waals surface area contributed by atoms with Crippen molar-refractivity contribution in [1.29, 1.82) is 0 Å². The fraction of sp³-hybridized carbons (Fsp3) is 0.111. The highest BCUT2D eigenvalue weighted by Crippen LogP contribution is 2.23. The summed E-state index contributed by atoms with van der Waals surface area (Å²) in [6.07, 6.45) is 3.08. The molecule has 0 radical (unpaired) electrons. The fourth-order valence-electron chi connectivity index (χ4n) is 2.03. The Bertz CT molecular complexity index is 876. The number of methoxy groups -OCH3 is 1. The molecule has 0 aliphatic heterocycles. The van der Waals surface area contributed by atoms with Crippen LogP contribution < -0.4 is 4.74 Å². The Morgan fingerprint density at radius 1 is 1.12 bits per heavy atom. The van der Waals surface area contributed by atoms with Crippen LogP contribution in [0.25, 0.3) is 11.5 Å². The number of oxazole rings is 1. The Hall–Kier alpha value is -2.50. The average molecular weight is 377 g/mol. The number of benzene rings is 2. The van der Waals surface area contributed by atoms with Crippen molar-refractivity contribution in [3.63, 3.8) is 0 Å². The molecule has 0 N–H and O–H groups in total. The van der Waals surface area contributed by atoms with E-state index in [2.05, 4.69) is 10.1 Å². The fourth-order valence-corrected chi connectivity index (χ4v) is 2.34. The molecule has 0 atom stereocenters. The maximum Gasteiger partial charge on any atom is 0.226 e. The lowest BCUT2D eigenvalue weighted by molar-refractivity contribution is 0.129. The van der Waals surface area contributed by atoms with Gasteiger partial charge in [-0.05, 0) is 42.0 Å². The number of hydrogen-bond donors (Lipinski definition) is 0. The van der Waals surface area contributed by atoms with Gasteiger partial charge >= 0.3 is 0 Å². The molecule has 3 rings (SSSR count). The first-order valence-electron chi connectivity index (χ1n) is 7.35. The van der Waals surface area contributed by atoms with Gasteiger partial charge in [0.25, 0.3) is 0 Å². The summed E-state index contributed by atoms with van der Waals surface area (Å²) in [5.41, 5.74) is 2.27. The van der Waals surface area contributed by atoms with Gasteiger partial charge in [0, 0.05) is 5.56 Å². The van der Waals surface area contributed by atoms with E-state index in [-0.39, 0.29) is 6.61 Å². The molecule has 0 aliphatic rings. The van der Waals surface area contributed by atoms with Crippen LogP contribution in [0.5, 0.6) is 5.75 Å². The lowest BCUT2D eigenvalue weighted by Gasteiger charge is -1.99. The molecule has 2 aromatic carbocycles. The summed E-state index contributed by atoms with van der Waals surface area (Å²) >= 11 is 11.8. The topological polar surface area (TPSA) is 56.9 Å². The summed E-state index contributed by atoms with van der Waals surface area (Å²) < 4.78 is 10.6. The van der Waals surface area contributed by atoms with Crippen LogP contribution >= 0.6 is 23.2 Å². The van der Waals surface area contributed by atoms with Crippen LogP contribution in [0.3, 0.4) is 0 Å². The average Bonchev–Trinajstić information content (AvgIpc) is 3.11. The molecule has 0 bridgehead atoms. The third kappa shape index (κ3) is 4.53. The number of nitrogens with zero attached hydrogens (tertiary/aromatic N) is 2. The van der Waals surface area contributed by atoms with Crippen molar-refractivity contribution in [2.45, 2.75) is 6.61 Å². The Kier molecular flexibility index (Phi) is 5.58. The summed E-state index contributed by atoms with van der Waals surface area (Å²) in [5, 5.41) is 4.85. The first kappa shape index (κ1) is 17.3. The highest BCUT2D eigenvalue weighted by molar-refractivity contribution is 6.42. The molecule has 5 nitrogen and oxygen atoms in total. The molecule has 0 unspecified atom stereocenters. The van der Waals surface area contributed by atoms with Gasteiger partial charge in [0.15, 0.2) is 6.61 Å². The second kappa shape index (κ2) is 8.05. The van der Waals surface area contributed by atoms with Gasteiger partial charge in [0.05, 0.1) is 23.4 Å². The van der Waals surface area contributed by atoms with Crippen molar-refractivity contribution < 1.29 is 14.0 Å². The van der Waals surface area contributed by atoms with Crippen LogP contribution in [-0.2, 0) is 11.4 Å².